The van der Waals surface area contributed by atoms with Crippen LogP contribution < -0.4 is 23.5 Å². The summed E-state index contributed by atoms with van der Waals surface area (Å²) in [5, 5.41) is 4.36. The lowest BCUT2D eigenvalue weighted by molar-refractivity contribution is -0.403. The molecule has 4 nitrogen and oxygen atoms in total. The number of carbonyl (C=O) groups is 1. The van der Waals surface area contributed by atoms with E-state index in [1.54, 1.807) is 0 Å². The monoisotopic (exact) mass is 355 g/mol. The second kappa shape index (κ2) is 7.30. The minimum Gasteiger partial charge on any atom is -1.00 e. The first-order valence-corrected chi connectivity index (χ1v) is 8.48. The van der Waals surface area contributed by atoms with E-state index in [9.17, 15) is 4.79 Å². The number of nitrogens with one attached hydrogen (secondary N) is 2. The van der Waals surface area contributed by atoms with E-state index >= 15 is 0 Å². The number of rotatable bonds is 4. The molecule has 1 aliphatic carbocycles. The molecular weight excluding hydrogens is 334 g/mol. The van der Waals surface area contributed by atoms with Gasteiger partial charge in [0, 0.05) is 23.5 Å². The molecule has 0 saturated heterocycles. The highest BCUT2D eigenvalue weighted by Gasteiger charge is 2.27. The first-order chi connectivity index (χ1) is 11.7. The lowest BCUT2D eigenvalue weighted by Crippen LogP contribution is -3.00. The minimum absolute atomic E-state index is 0. The predicted molar refractivity (Wildman–Crippen MR) is 94.3 cm³/mol. The predicted octanol–water partition coefficient (Wildman–Crippen LogP) is -0.871. The SMILES string of the molecule is [Cl-].[NH3+][C@@H](Cc1c[nH]c2ccccc12)C(=O)N[C@H]1CCc2ccccc21. The van der Waals surface area contributed by atoms with Gasteiger partial charge in [0.1, 0.15) is 0 Å². The van der Waals surface area contributed by atoms with Crippen LogP contribution in [-0.2, 0) is 17.6 Å². The molecule has 0 spiro atoms. The van der Waals surface area contributed by atoms with Crippen molar-refractivity contribution in [3.05, 3.63) is 71.4 Å². The molecule has 0 fully saturated rings. The van der Waals surface area contributed by atoms with Gasteiger partial charge in [-0.1, -0.05) is 42.5 Å². The van der Waals surface area contributed by atoms with Crippen LogP contribution in [0.1, 0.15) is 29.2 Å². The molecule has 1 aliphatic rings. The van der Waals surface area contributed by atoms with Crippen molar-refractivity contribution in [2.45, 2.75) is 31.3 Å². The van der Waals surface area contributed by atoms with E-state index in [0.717, 1.165) is 23.9 Å². The van der Waals surface area contributed by atoms with Crippen LogP contribution >= 0.6 is 0 Å². The maximum Gasteiger partial charge on any atom is 0.278 e. The molecule has 4 rings (SSSR count). The quantitative estimate of drug-likeness (QED) is 0.559. The van der Waals surface area contributed by atoms with Gasteiger partial charge < -0.3 is 28.4 Å². The Kier molecular flexibility index (Phi) is 5.11. The van der Waals surface area contributed by atoms with E-state index in [4.69, 9.17) is 0 Å². The molecule has 130 valence electrons. The highest BCUT2D eigenvalue weighted by atomic mass is 35.5. The van der Waals surface area contributed by atoms with Crippen molar-refractivity contribution in [2.75, 3.05) is 0 Å². The Morgan fingerprint density at radius 2 is 1.96 bits per heavy atom. The number of aromatic nitrogens is 1. The molecule has 1 aromatic heterocycles. The molecule has 25 heavy (non-hydrogen) atoms. The van der Waals surface area contributed by atoms with Gasteiger partial charge in [-0.3, -0.25) is 4.79 Å². The van der Waals surface area contributed by atoms with Crippen molar-refractivity contribution in [3.8, 4) is 0 Å². The number of hydrogen-bond acceptors (Lipinski definition) is 1. The molecule has 0 radical (unpaired) electrons. The minimum atomic E-state index is -0.294. The van der Waals surface area contributed by atoms with E-state index in [0.29, 0.717) is 6.42 Å². The van der Waals surface area contributed by atoms with Crippen molar-refractivity contribution in [2.24, 2.45) is 0 Å². The number of hydrogen-bond donors (Lipinski definition) is 3. The Hall–Kier alpha value is -2.30. The van der Waals surface area contributed by atoms with Crippen molar-refractivity contribution in [1.29, 1.82) is 0 Å². The third kappa shape index (κ3) is 3.41. The van der Waals surface area contributed by atoms with Crippen molar-refractivity contribution in [3.63, 3.8) is 0 Å². The standard InChI is InChI=1S/C20H21N3O.ClH/c21-17(11-14-12-22-18-8-4-3-7-16(14)18)20(24)23-19-10-9-13-5-1-2-6-15(13)19;/h1-8,12,17,19,22H,9-11,21H2,(H,23,24);1H/t17-,19-;/m0./s1. The first kappa shape index (κ1) is 17.5. The van der Waals surface area contributed by atoms with Gasteiger partial charge in [0.25, 0.3) is 5.91 Å². The number of halogens is 1. The van der Waals surface area contributed by atoms with Crippen LogP contribution in [-0.4, -0.2) is 16.9 Å². The fourth-order valence-electron chi connectivity index (χ4n) is 3.66. The molecule has 2 atom stereocenters. The maximum absolute atomic E-state index is 12.6. The lowest BCUT2D eigenvalue weighted by Gasteiger charge is -2.16. The molecular formula is C20H22ClN3O. The summed E-state index contributed by atoms with van der Waals surface area (Å²) in [4.78, 5) is 15.8. The maximum atomic E-state index is 12.6. The van der Waals surface area contributed by atoms with Crippen LogP contribution in [0, 0.1) is 0 Å². The first-order valence-electron chi connectivity index (χ1n) is 8.48. The Labute approximate surface area is 153 Å². The summed E-state index contributed by atoms with van der Waals surface area (Å²) in [5.41, 5.74) is 8.94. The number of quaternary nitrogens is 1. The number of amides is 1. The summed E-state index contributed by atoms with van der Waals surface area (Å²) >= 11 is 0. The lowest BCUT2D eigenvalue weighted by atomic mass is 10.0. The van der Waals surface area contributed by atoms with Gasteiger partial charge in [-0.15, -0.1) is 0 Å². The van der Waals surface area contributed by atoms with Crippen LogP contribution in [0.2, 0.25) is 0 Å². The van der Waals surface area contributed by atoms with E-state index in [1.165, 1.54) is 16.5 Å². The summed E-state index contributed by atoms with van der Waals surface area (Å²) in [7, 11) is 0. The molecule has 5 N–H and O–H groups in total. The second-order valence-corrected chi connectivity index (χ2v) is 6.56. The number of aryl methyl sites for hydroxylation is 1. The Morgan fingerprint density at radius 1 is 1.20 bits per heavy atom. The van der Waals surface area contributed by atoms with Crippen molar-refractivity contribution < 1.29 is 22.9 Å². The van der Waals surface area contributed by atoms with Crippen LogP contribution in [0.3, 0.4) is 0 Å². The highest BCUT2D eigenvalue weighted by molar-refractivity contribution is 5.85. The number of benzene rings is 2. The van der Waals surface area contributed by atoms with Crippen LogP contribution in [0.5, 0.6) is 0 Å². The number of carbonyl (C=O) groups excluding carboxylic acids is 1. The number of fused-ring (bicyclic) bond motifs is 2. The number of aromatic amines is 1. The third-order valence-corrected chi connectivity index (χ3v) is 4.96. The van der Waals surface area contributed by atoms with Crippen molar-refractivity contribution >= 4 is 16.8 Å². The third-order valence-electron chi connectivity index (χ3n) is 4.96. The molecule has 2 aromatic carbocycles. The Bertz CT molecular complexity index is 889. The van der Waals surface area contributed by atoms with E-state index in [-0.39, 0.29) is 30.4 Å². The summed E-state index contributed by atoms with van der Waals surface area (Å²) in [6.07, 6.45) is 4.64. The summed E-state index contributed by atoms with van der Waals surface area (Å²) < 4.78 is 0. The fraction of sp³-hybridized carbons (Fsp3) is 0.250. The average Bonchev–Trinajstić information content (AvgIpc) is 3.20. The summed E-state index contributed by atoms with van der Waals surface area (Å²) in [5.74, 6) is 0.0296. The summed E-state index contributed by atoms with van der Waals surface area (Å²) in [6, 6.07) is 16.4. The zero-order valence-electron chi connectivity index (χ0n) is 14.0. The molecule has 0 unspecified atom stereocenters. The van der Waals surface area contributed by atoms with Gasteiger partial charge in [0.05, 0.1) is 6.04 Å². The normalized spacial score (nSPS) is 16.9. The van der Waals surface area contributed by atoms with Crippen LogP contribution in [0.25, 0.3) is 10.9 Å². The van der Waals surface area contributed by atoms with E-state index < -0.39 is 0 Å². The molecule has 1 heterocycles. The molecule has 0 aliphatic heterocycles. The Morgan fingerprint density at radius 3 is 2.84 bits per heavy atom. The van der Waals surface area contributed by atoms with Gasteiger partial charge >= 0.3 is 0 Å². The topological polar surface area (TPSA) is 72.5 Å². The van der Waals surface area contributed by atoms with Crippen LogP contribution in [0.4, 0.5) is 0 Å². The van der Waals surface area contributed by atoms with Crippen molar-refractivity contribution in [1.82, 2.24) is 10.3 Å². The highest BCUT2D eigenvalue weighted by Crippen LogP contribution is 2.30. The van der Waals surface area contributed by atoms with E-state index in [1.807, 2.05) is 30.5 Å². The van der Waals surface area contributed by atoms with Gasteiger partial charge in [-0.25, -0.2) is 0 Å². The Balaban J connectivity index is 0.00000182. The van der Waals surface area contributed by atoms with Gasteiger partial charge in [-0.05, 0) is 35.6 Å². The van der Waals surface area contributed by atoms with E-state index in [2.05, 4.69) is 40.3 Å². The second-order valence-electron chi connectivity index (χ2n) is 6.56. The molecule has 0 saturated carbocycles. The zero-order valence-corrected chi connectivity index (χ0v) is 14.7. The van der Waals surface area contributed by atoms with Gasteiger partial charge in [0.2, 0.25) is 0 Å². The number of para-hydroxylation sites is 1. The molecule has 5 heteroatoms. The van der Waals surface area contributed by atoms with Gasteiger partial charge in [-0.2, -0.15) is 0 Å². The average molecular weight is 356 g/mol. The smallest absolute Gasteiger partial charge is 0.278 e. The number of H-pyrrole nitrogens is 1. The molecule has 3 aromatic rings. The summed E-state index contributed by atoms with van der Waals surface area (Å²) in [6.45, 7) is 0. The fourth-order valence-corrected chi connectivity index (χ4v) is 3.66. The zero-order chi connectivity index (χ0) is 16.5. The largest absolute Gasteiger partial charge is 1.00 e. The molecule has 1 amide bonds. The van der Waals surface area contributed by atoms with Crippen LogP contribution in [0.15, 0.2) is 54.7 Å². The molecule has 0 bridgehead atoms. The van der Waals surface area contributed by atoms with Gasteiger partial charge in [0.15, 0.2) is 6.04 Å².